The van der Waals surface area contributed by atoms with Gasteiger partial charge in [-0.15, -0.1) is 6.58 Å². The molecule has 0 spiro atoms. The van der Waals surface area contributed by atoms with Crippen molar-refractivity contribution < 1.29 is 9.47 Å². The van der Waals surface area contributed by atoms with Gasteiger partial charge in [-0.05, 0) is 19.1 Å². The van der Waals surface area contributed by atoms with Crippen LogP contribution in [0.2, 0.25) is 0 Å². The Morgan fingerprint density at radius 1 is 1.30 bits per heavy atom. The smallest absolute Gasteiger partial charge is 0.223 e. The molecule has 1 aliphatic heterocycles. The monoisotopic (exact) mass is 312 g/mol. The number of allylic oxidation sites excluding steroid dienone is 1. The third kappa shape index (κ3) is 2.98. The molecule has 0 aliphatic carbocycles. The highest BCUT2D eigenvalue weighted by Gasteiger charge is 2.22. The van der Waals surface area contributed by atoms with Crippen LogP contribution >= 0.6 is 0 Å². The number of nitrogens with one attached hydrogen (secondary N) is 1. The highest BCUT2D eigenvalue weighted by atomic mass is 16.5. The number of aliphatic imine (C=N–C) groups is 1. The number of hydrogen-bond acceptors (Lipinski definition) is 5. The van der Waals surface area contributed by atoms with Crippen LogP contribution in [-0.4, -0.2) is 36.0 Å². The summed E-state index contributed by atoms with van der Waals surface area (Å²) in [7, 11) is 1.65. The number of aromatic nitrogens is 2. The molecule has 120 valence electrons. The van der Waals surface area contributed by atoms with Crippen LogP contribution < -0.4 is 5.32 Å². The summed E-state index contributed by atoms with van der Waals surface area (Å²) in [6.07, 6.45) is 1.81. The Bertz CT molecular complexity index is 749. The van der Waals surface area contributed by atoms with Gasteiger partial charge in [-0.1, -0.05) is 18.2 Å². The van der Waals surface area contributed by atoms with Crippen LogP contribution in [0.25, 0.3) is 0 Å². The van der Waals surface area contributed by atoms with Crippen molar-refractivity contribution in [1.82, 2.24) is 9.78 Å². The van der Waals surface area contributed by atoms with Crippen LogP contribution in [0.5, 0.6) is 0 Å². The van der Waals surface area contributed by atoms with Gasteiger partial charge in [-0.25, -0.2) is 9.67 Å². The first-order chi connectivity index (χ1) is 11.2. The molecule has 1 N–H and O–H groups in total. The van der Waals surface area contributed by atoms with Crippen molar-refractivity contribution in [3.63, 3.8) is 0 Å². The van der Waals surface area contributed by atoms with Gasteiger partial charge < -0.3 is 14.8 Å². The van der Waals surface area contributed by atoms with Crippen molar-refractivity contribution in [1.29, 1.82) is 0 Å². The van der Waals surface area contributed by atoms with E-state index in [2.05, 4.69) is 17.0 Å². The summed E-state index contributed by atoms with van der Waals surface area (Å²) in [5, 5.41) is 7.95. The molecule has 3 rings (SSSR count). The third-order valence-electron chi connectivity index (χ3n) is 3.55. The van der Waals surface area contributed by atoms with Gasteiger partial charge >= 0.3 is 0 Å². The third-order valence-corrected chi connectivity index (χ3v) is 3.55. The summed E-state index contributed by atoms with van der Waals surface area (Å²) in [5.41, 5.74) is 3.49. The number of hydrogen-bond donors (Lipinski definition) is 1. The predicted octanol–water partition coefficient (Wildman–Crippen LogP) is 3.18. The second kappa shape index (κ2) is 6.66. The Balaban J connectivity index is 2.08. The quantitative estimate of drug-likeness (QED) is 0.680. The van der Waals surface area contributed by atoms with Crippen LogP contribution in [0.4, 0.5) is 17.2 Å². The first kappa shape index (κ1) is 15.3. The van der Waals surface area contributed by atoms with Gasteiger partial charge in [0.15, 0.2) is 5.82 Å². The van der Waals surface area contributed by atoms with Crippen LogP contribution in [0, 0.1) is 6.92 Å². The average molecular weight is 312 g/mol. The summed E-state index contributed by atoms with van der Waals surface area (Å²) in [4.78, 5) is 4.71. The predicted molar refractivity (Wildman–Crippen MR) is 90.9 cm³/mol. The Kier molecular flexibility index (Phi) is 4.43. The van der Waals surface area contributed by atoms with E-state index in [-0.39, 0.29) is 0 Å². The molecule has 1 aromatic carbocycles. The first-order valence-electron chi connectivity index (χ1n) is 7.49. The Labute approximate surface area is 135 Å². The summed E-state index contributed by atoms with van der Waals surface area (Å²) in [5.74, 6) is 1.42. The minimum absolute atomic E-state index is 0.443. The zero-order chi connectivity index (χ0) is 16.2. The average Bonchev–Trinajstić information content (AvgIpc) is 2.74. The molecule has 0 atom stereocenters. The summed E-state index contributed by atoms with van der Waals surface area (Å²) < 4.78 is 12.8. The summed E-state index contributed by atoms with van der Waals surface area (Å²) >= 11 is 0. The first-order valence-corrected chi connectivity index (χ1v) is 7.49. The zero-order valence-electron chi connectivity index (χ0n) is 13.4. The van der Waals surface area contributed by atoms with E-state index in [9.17, 15) is 0 Å². The van der Waals surface area contributed by atoms with Gasteiger partial charge in [-0.2, -0.15) is 5.10 Å². The molecule has 1 aromatic heterocycles. The van der Waals surface area contributed by atoms with E-state index in [0.29, 0.717) is 25.7 Å². The van der Waals surface area contributed by atoms with E-state index >= 15 is 0 Å². The zero-order valence-corrected chi connectivity index (χ0v) is 13.4. The van der Waals surface area contributed by atoms with Crippen LogP contribution in [-0.2, 0) is 16.0 Å². The van der Waals surface area contributed by atoms with Crippen molar-refractivity contribution >= 4 is 23.1 Å². The fraction of sp³-hybridized carbons (Fsp3) is 0.294. The van der Waals surface area contributed by atoms with Crippen molar-refractivity contribution in [2.75, 3.05) is 25.6 Å². The molecule has 0 amide bonds. The molecule has 2 heterocycles. The molecule has 0 fully saturated rings. The highest BCUT2D eigenvalue weighted by molar-refractivity contribution is 6.04. The number of para-hydroxylation sites is 1. The Hall–Kier alpha value is -2.60. The molecule has 6 nitrogen and oxygen atoms in total. The molecule has 6 heteroatoms. The SMILES string of the molecule is C=CCn1nc(C)c2c1Nc1ccccc1C(OCCOC)=N2. The van der Waals surface area contributed by atoms with Crippen LogP contribution in [0.15, 0.2) is 41.9 Å². The number of ether oxygens (including phenoxy) is 2. The lowest BCUT2D eigenvalue weighted by molar-refractivity contribution is 0.141. The minimum Gasteiger partial charge on any atom is -0.475 e. The molecule has 0 unspecified atom stereocenters. The van der Waals surface area contributed by atoms with E-state index in [1.165, 1.54) is 0 Å². The molecule has 1 aliphatic rings. The summed E-state index contributed by atoms with van der Waals surface area (Å²) in [6, 6.07) is 7.93. The maximum Gasteiger partial charge on any atom is 0.223 e. The van der Waals surface area contributed by atoms with E-state index in [4.69, 9.17) is 14.5 Å². The van der Waals surface area contributed by atoms with Gasteiger partial charge in [0.2, 0.25) is 5.90 Å². The van der Waals surface area contributed by atoms with Gasteiger partial charge in [0.25, 0.3) is 0 Å². The molecule has 0 saturated heterocycles. The fourth-order valence-corrected chi connectivity index (χ4v) is 2.48. The number of methoxy groups -OCH3 is 1. The number of benzene rings is 1. The summed E-state index contributed by atoms with van der Waals surface area (Å²) in [6.45, 7) is 7.29. The van der Waals surface area contributed by atoms with Crippen molar-refractivity contribution in [2.24, 2.45) is 4.99 Å². The van der Waals surface area contributed by atoms with E-state index in [1.54, 1.807) is 7.11 Å². The number of anilines is 2. The second-order valence-corrected chi connectivity index (χ2v) is 5.18. The molecule has 23 heavy (non-hydrogen) atoms. The number of nitrogens with zero attached hydrogens (tertiary/aromatic N) is 3. The highest BCUT2D eigenvalue weighted by Crippen LogP contribution is 2.36. The number of fused-ring (bicyclic) bond motifs is 2. The van der Waals surface area contributed by atoms with Gasteiger partial charge in [-0.3, -0.25) is 0 Å². The minimum atomic E-state index is 0.443. The standard InChI is InChI=1S/C17H20N4O2/c1-4-9-21-16-15(12(2)20-21)19-17(23-11-10-22-3)13-7-5-6-8-14(13)18-16/h4-8,18H,1,9-11H2,2-3H3. The molecular weight excluding hydrogens is 292 g/mol. The molecule has 0 bridgehead atoms. The van der Waals surface area contributed by atoms with Gasteiger partial charge in [0.1, 0.15) is 12.3 Å². The fourth-order valence-electron chi connectivity index (χ4n) is 2.48. The van der Waals surface area contributed by atoms with Crippen molar-refractivity contribution in [2.45, 2.75) is 13.5 Å². The van der Waals surface area contributed by atoms with Crippen molar-refractivity contribution in [3.8, 4) is 0 Å². The van der Waals surface area contributed by atoms with E-state index in [0.717, 1.165) is 28.5 Å². The maximum absolute atomic E-state index is 5.84. The lowest BCUT2D eigenvalue weighted by Gasteiger charge is -2.12. The van der Waals surface area contributed by atoms with Gasteiger partial charge in [0, 0.05) is 7.11 Å². The lowest BCUT2D eigenvalue weighted by atomic mass is 10.2. The molecular formula is C17H20N4O2. The largest absolute Gasteiger partial charge is 0.475 e. The van der Waals surface area contributed by atoms with E-state index in [1.807, 2.05) is 41.9 Å². The molecule has 2 aromatic rings. The van der Waals surface area contributed by atoms with Crippen LogP contribution in [0.1, 0.15) is 11.3 Å². The number of aryl methyl sites for hydroxylation is 1. The molecule has 0 saturated carbocycles. The lowest BCUT2D eigenvalue weighted by Crippen LogP contribution is -2.12. The molecule has 0 radical (unpaired) electrons. The Morgan fingerprint density at radius 3 is 2.91 bits per heavy atom. The maximum atomic E-state index is 5.84. The van der Waals surface area contributed by atoms with E-state index < -0.39 is 0 Å². The van der Waals surface area contributed by atoms with Crippen molar-refractivity contribution in [3.05, 3.63) is 48.2 Å². The number of rotatable bonds is 5. The topological polar surface area (TPSA) is 60.7 Å². The normalized spacial score (nSPS) is 12.5. The van der Waals surface area contributed by atoms with Crippen LogP contribution in [0.3, 0.4) is 0 Å². The van der Waals surface area contributed by atoms with Gasteiger partial charge in [0.05, 0.1) is 30.1 Å². The Morgan fingerprint density at radius 2 is 2.13 bits per heavy atom. The second-order valence-electron chi connectivity index (χ2n) is 5.18.